The van der Waals surface area contributed by atoms with Crippen molar-refractivity contribution in [3.63, 3.8) is 0 Å². The zero-order valence-corrected chi connectivity index (χ0v) is 10.4. The third-order valence-electron chi connectivity index (χ3n) is 2.38. The number of rotatable bonds is 3. The lowest BCUT2D eigenvalue weighted by atomic mass is 10.2. The Balaban J connectivity index is 2.12. The summed E-state index contributed by atoms with van der Waals surface area (Å²) in [5.41, 5.74) is 2.94. The smallest absolute Gasteiger partial charge is 0.0641 e. The van der Waals surface area contributed by atoms with E-state index >= 15 is 0 Å². The fourth-order valence-electron chi connectivity index (χ4n) is 1.45. The number of aryl methyl sites for hydroxylation is 1. The Bertz CT molecular complexity index is 478. The molecule has 4 heteroatoms. The average Bonchev–Trinajstić information content (AvgIpc) is 2.74. The SMILES string of the molecule is Cc1cc(Cl)c(NCc2ccc[nH]2)cc1Cl. The molecule has 2 N–H and O–H groups in total. The summed E-state index contributed by atoms with van der Waals surface area (Å²) in [5, 5.41) is 4.64. The van der Waals surface area contributed by atoms with Crippen molar-refractivity contribution < 1.29 is 0 Å². The van der Waals surface area contributed by atoms with Gasteiger partial charge in [-0.05, 0) is 36.8 Å². The molecule has 0 radical (unpaired) electrons. The molecule has 1 aromatic heterocycles. The fourth-order valence-corrected chi connectivity index (χ4v) is 1.90. The lowest BCUT2D eigenvalue weighted by Crippen LogP contribution is -2.00. The molecule has 0 fully saturated rings. The molecule has 2 aromatic rings. The van der Waals surface area contributed by atoms with Gasteiger partial charge in [-0.15, -0.1) is 0 Å². The van der Waals surface area contributed by atoms with Crippen LogP contribution in [0.3, 0.4) is 0 Å². The van der Waals surface area contributed by atoms with Crippen molar-refractivity contribution in [1.82, 2.24) is 4.98 Å². The predicted octanol–water partition coefficient (Wildman–Crippen LogP) is 4.24. The van der Waals surface area contributed by atoms with E-state index in [1.54, 1.807) is 0 Å². The van der Waals surface area contributed by atoms with Crippen LogP contribution >= 0.6 is 23.2 Å². The predicted molar refractivity (Wildman–Crippen MR) is 69.3 cm³/mol. The fraction of sp³-hybridized carbons (Fsp3) is 0.167. The number of benzene rings is 1. The molecule has 0 aliphatic rings. The van der Waals surface area contributed by atoms with Crippen molar-refractivity contribution in [1.29, 1.82) is 0 Å². The van der Waals surface area contributed by atoms with Gasteiger partial charge in [0.05, 0.1) is 17.3 Å². The van der Waals surface area contributed by atoms with Crippen molar-refractivity contribution in [2.24, 2.45) is 0 Å². The summed E-state index contributed by atoms with van der Waals surface area (Å²) in [6, 6.07) is 7.68. The summed E-state index contributed by atoms with van der Waals surface area (Å²) in [7, 11) is 0. The van der Waals surface area contributed by atoms with E-state index in [0.29, 0.717) is 11.6 Å². The molecule has 0 aliphatic heterocycles. The number of H-pyrrole nitrogens is 1. The lowest BCUT2D eigenvalue weighted by molar-refractivity contribution is 1.07. The van der Waals surface area contributed by atoms with Gasteiger partial charge in [0.15, 0.2) is 0 Å². The molecule has 1 aromatic carbocycles. The van der Waals surface area contributed by atoms with Crippen molar-refractivity contribution >= 4 is 28.9 Å². The highest BCUT2D eigenvalue weighted by molar-refractivity contribution is 6.35. The van der Waals surface area contributed by atoms with Crippen molar-refractivity contribution in [2.75, 3.05) is 5.32 Å². The quantitative estimate of drug-likeness (QED) is 0.843. The molecule has 0 saturated heterocycles. The van der Waals surface area contributed by atoms with Gasteiger partial charge in [0.1, 0.15) is 0 Å². The Morgan fingerprint density at radius 1 is 1.25 bits per heavy atom. The van der Waals surface area contributed by atoms with Gasteiger partial charge in [0.25, 0.3) is 0 Å². The summed E-state index contributed by atoms with van der Waals surface area (Å²) >= 11 is 12.2. The third kappa shape index (κ3) is 2.52. The number of aromatic nitrogens is 1. The number of aromatic amines is 1. The summed E-state index contributed by atoms with van der Waals surface area (Å²) in [5.74, 6) is 0. The maximum atomic E-state index is 6.11. The zero-order chi connectivity index (χ0) is 11.5. The first-order chi connectivity index (χ1) is 7.66. The Morgan fingerprint density at radius 3 is 2.75 bits per heavy atom. The Kier molecular flexibility index (Phi) is 3.42. The molecule has 0 spiro atoms. The second-order valence-electron chi connectivity index (χ2n) is 3.63. The highest BCUT2D eigenvalue weighted by atomic mass is 35.5. The maximum Gasteiger partial charge on any atom is 0.0641 e. The third-order valence-corrected chi connectivity index (χ3v) is 3.10. The lowest BCUT2D eigenvalue weighted by Gasteiger charge is -2.09. The molecule has 16 heavy (non-hydrogen) atoms. The maximum absolute atomic E-state index is 6.11. The molecule has 0 saturated carbocycles. The number of nitrogens with one attached hydrogen (secondary N) is 2. The first kappa shape index (κ1) is 11.4. The summed E-state index contributed by atoms with van der Waals surface area (Å²) in [6.07, 6.45) is 1.89. The summed E-state index contributed by atoms with van der Waals surface area (Å²) < 4.78 is 0. The summed E-state index contributed by atoms with van der Waals surface area (Å²) in [6.45, 7) is 2.63. The number of hydrogen-bond donors (Lipinski definition) is 2. The van der Waals surface area contributed by atoms with Crippen molar-refractivity contribution in [3.8, 4) is 0 Å². The molecular formula is C12H12Cl2N2. The minimum atomic E-state index is 0.688. The zero-order valence-electron chi connectivity index (χ0n) is 8.85. The molecule has 2 nitrogen and oxygen atoms in total. The summed E-state index contributed by atoms with van der Waals surface area (Å²) in [4.78, 5) is 3.11. The Hall–Kier alpha value is -1.12. The van der Waals surface area contributed by atoms with E-state index in [2.05, 4.69) is 10.3 Å². The first-order valence-electron chi connectivity index (χ1n) is 4.98. The van der Waals surface area contributed by atoms with E-state index < -0.39 is 0 Å². The van der Waals surface area contributed by atoms with Gasteiger partial charge in [-0.25, -0.2) is 0 Å². The van der Waals surface area contributed by atoms with Gasteiger partial charge in [-0.2, -0.15) is 0 Å². The first-order valence-corrected chi connectivity index (χ1v) is 5.74. The van der Waals surface area contributed by atoms with Gasteiger partial charge in [0.2, 0.25) is 0 Å². The van der Waals surface area contributed by atoms with E-state index in [1.807, 2.05) is 37.4 Å². The van der Waals surface area contributed by atoms with E-state index in [-0.39, 0.29) is 0 Å². The van der Waals surface area contributed by atoms with E-state index in [9.17, 15) is 0 Å². The average molecular weight is 255 g/mol. The van der Waals surface area contributed by atoms with Crippen LogP contribution in [0.2, 0.25) is 10.0 Å². The number of anilines is 1. The van der Waals surface area contributed by atoms with Crippen LogP contribution in [0.1, 0.15) is 11.3 Å². The van der Waals surface area contributed by atoms with Crippen LogP contribution in [0.25, 0.3) is 0 Å². The van der Waals surface area contributed by atoms with Gasteiger partial charge in [-0.1, -0.05) is 23.2 Å². The largest absolute Gasteiger partial charge is 0.378 e. The molecule has 2 rings (SSSR count). The van der Waals surface area contributed by atoms with E-state index in [4.69, 9.17) is 23.2 Å². The van der Waals surface area contributed by atoms with Gasteiger partial charge >= 0.3 is 0 Å². The highest BCUT2D eigenvalue weighted by Crippen LogP contribution is 2.28. The van der Waals surface area contributed by atoms with Gasteiger partial charge in [-0.3, -0.25) is 0 Å². The molecule has 0 bridgehead atoms. The van der Waals surface area contributed by atoms with Crippen LogP contribution in [-0.4, -0.2) is 4.98 Å². The minimum absolute atomic E-state index is 0.688. The second-order valence-corrected chi connectivity index (χ2v) is 4.44. The standard InChI is InChI=1S/C12H12Cl2N2/c1-8-5-11(14)12(6-10(8)13)16-7-9-3-2-4-15-9/h2-6,15-16H,7H2,1H3. The highest BCUT2D eigenvalue weighted by Gasteiger charge is 2.04. The van der Waals surface area contributed by atoms with Crippen LogP contribution in [-0.2, 0) is 6.54 Å². The number of hydrogen-bond acceptors (Lipinski definition) is 1. The molecule has 0 unspecified atom stereocenters. The number of halogens is 2. The monoisotopic (exact) mass is 254 g/mol. The van der Waals surface area contributed by atoms with Crippen LogP contribution in [0.15, 0.2) is 30.5 Å². The normalized spacial score (nSPS) is 10.4. The molecule has 1 heterocycles. The Labute approximate surface area is 105 Å². The van der Waals surface area contributed by atoms with Crippen LogP contribution in [0.5, 0.6) is 0 Å². The molecule has 84 valence electrons. The van der Waals surface area contributed by atoms with Crippen molar-refractivity contribution in [2.45, 2.75) is 13.5 Å². The van der Waals surface area contributed by atoms with Gasteiger partial charge in [0, 0.05) is 16.9 Å². The van der Waals surface area contributed by atoms with E-state index in [1.165, 1.54) is 0 Å². The van der Waals surface area contributed by atoms with Gasteiger partial charge < -0.3 is 10.3 Å². The topological polar surface area (TPSA) is 27.8 Å². The molecule has 0 atom stereocenters. The minimum Gasteiger partial charge on any atom is -0.378 e. The van der Waals surface area contributed by atoms with Crippen LogP contribution < -0.4 is 5.32 Å². The van der Waals surface area contributed by atoms with Crippen molar-refractivity contribution in [3.05, 3.63) is 51.8 Å². The molecule has 0 aliphatic carbocycles. The second kappa shape index (κ2) is 4.81. The molecular weight excluding hydrogens is 243 g/mol. The van der Waals surface area contributed by atoms with Crippen LogP contribution in [0, 0.1) is 6.92 Å². The van der Waals surface area contributed by atoms with E-state index in [0.717, 1.165) is 22.0 Å². The van der Waals surface area contributed by atoms with Crippen LogP contribution in [0.4, 0.5) is 5.69 Å². The Morgan fingerprint density at radius 2 is 2.06 bits per heavy atom. The molecule has 0 amide bonds.